The Labute approximate surface area is 238 Å². The van der Waals surface area contributed by atoms with Crippen molar-refractivity contribution in [3.8, 4) is 0 Å². The van der Waals surface area contributed by atoms with Crippen molar-refractivity contribution >= 4 is 63.4 Å². The maximum atomic E-state index is 12.9. The Balaban J connectivity index is 1.43. The minimum atomic E-state index is -1.20. The summed E-state index contributed by atoms with van der Waals surface area (Å²) < 4.78 is 5.24. The topological polar surface area (TPSA) is 142 Å². The average molecular weight is 582 g/mol. The zero-order valence-electron chi connectivity index (χ0n) is 21.8. The van der Waals surface area contributed by atoms with E-state index in [1.165, 1.54) is 42.2 Å². The standard InChI is InChI=1S/C28H27N3O7S2/c1-3-38-28(37)24-21-11-12-31(16(2)32)14-22(21)40-26(24)30-23(33)15-39-18-8-6-7-17(13-18)29-25(34)19-9-4-5-10-20(19)27(35)36/h4-10,13H,3,11-12,14-15H2,1-2H3,(H,29,34)(H,30,33)(H,35,36). The number of carbonyl (C=O) groups excluding carboxylic acids is 4. The van der Waals surface area contributed by atoms with Crippen LogP contribution in [-0.2, 0) is 27.3 Å². The molecule has 2 heterocycles. The number of amides is 3. The third-order valence-electron chi connectivity index (χ3n) is 6.10. The number of nitrogens with one attached hydrogen (secondary N) is 2. The van der Waals surface area contributed by atoms with Gasteiger partial charge in [-0.25, -0.2) is 9.59 Å². The molecular formula is C28H27N3O7S2. The maximum absolute atomic E-state index is 12.9. The highest BCUT2D eigenvalue weighted by Crippen LogP contribution is 2.38. The van der Waals surface area contributed by atoms with E-state index in [9.17, 15) is 29.1 Å². The lowest BCUT2D eigenvalue weighted by molar-refractivity contribution is -0.129. The predicted molar refractivity (Wildman–Crippen MR) is 152 cm³/mol. The van der Waals surface area contributed by atoms with Gasteiger partial charge in [-0.3, -0.25) is 14.4 Å². The Hall–Kier alpha value is -4.16. The van der Waals surface area contributed by atoms with Gasteiger partial charge in [-0.15, -0.1) is 23.1 Å². The number of thiophene rings is 1. The van der Waals surface area contributed by atoms with E-state index in [2.05, 4.69) is 10.6 Å². The van der Waals surface area contributed by atoms with Gasteiger partial charge < -0.3 is 25.4 Å². The Morgan fingerprint density at radius 3 is 2.50 bits per heavy atom. The molecule has 0 fully saturated rings. The summed E-state index contributed by atoms with van der Waals surface area (Å²) >= 11 is 2.51. The fraction of sp³-hybridized carbons (Fsp3) is 0.250. The Morgan fingerprint density at radius 2 is 1.80 bits per heavy atom. The number of benzene rings is 2. The number of esters is 1. The van der Waals surface area contributed by atoms with Gasteiger partial charge in [-0.05, 0) is 49.2 Å². The van der Waals surface area contributed by atoms with Crippen LogP contribution in [0.1, 0.15) is 55.4 Å². The molecule has 1 aliphatic heterocycles. The lowest BCUT2D eigenvalue weighted by Crippen LogP contribution is -2.34. The van der Waals surface area contributed by atoms with Gasteiger partial charge in [-0.1, -0.05) is 18.2 Å². The summed E-state index contributed by atoms with van der Waals surface area (Å²) in [6.07, 6.45) is 0.500. The molecule has 10 nitrogen and oxygen atoms in total. The van der Waals surface area contributed by atoms with E-state index < -0.39 is 17.8 Å². The lowest BCUT2D eigenvalue weighted by atomic mass is 10.0. The molecule has 4 rings (SSSR count). The third-order valence-corrected chi connectivity index (χ3v) is 8.22. The second kappa shape index (κ2) is 12.8. The molecule has 0 atom stereocenters. The minimum Gasteiger partial charge on any atom is -0.478 e. The molecule has 1 aliphatic rings. The molecule has 0 aliphatic carbocycles. The van der Waals surface area contributed by atoms with Crippen molar-refractivity contribution in [3.05, 3.63) is 75.7 Å². The number of aromatic carboxylic acids is 1. The summed E-state index contributed by atoms with van der Waals surface area (Å²) in [5.74, 6) is -2.62. The fourth-order valence-corrected chi connectivity index (χ4v) is 6.24. The predicted octanol–water partition coefficient (Wildman–Crippen LogP) is 4.51. The highest BCUT2D eigenvalue weighted by atomic mass is 32.2. The van der Waals surface area contributed by atoms with Gasteiger partial charge >= 0.3 is 11.9 Å². The summed E-state index contributed by atoms with van der Waals surface area (Å²) in [4.78, 5) is 64.9. The van der Waals surface area contributed by atoms with Crippen LogP contribution in [0.5, 0.6) is 0 Å². The summed E-state index contributed by atoms with van der Waals surface area (Å²) in [5, 5.41) is 15.3. The highest BCUT2D eigenvalue weighted by Gasteiger charge is 2.30. The van der Waals surface area contributed by atoms with Gasteiger partial charge in [0.25, 0.3) is 5.91 Å². The molecule has 3 N–H and O–H groups in total. The SMILES string of the molecule is CCOC(=O)c1c(NC(=O)CSc2cccc(NC(=O)c3ccccc3C(=O)O)c2)sc2c1CCN(C(C)=O)C2. The van der Waals surface area contributed by atoms with E-state index in [1.807, 2.05) is 0 Å². The van der Waals surface area contributed by atoms with Crippen molar-refractivity contribution in [2.24, 2.45) is 0 Å². The second-order valence-electron chi connectivity index (χ2n) is 8.79. The van der Waals surface area contributed by atoms with E-state index in [1.54, 1.807) is 48.2 Å². The fourth-order valence-electron chi connectivity index (χ4n) is 4.22. The molecule has 0 spiro atoms. The summed E-state index contributed by atoms with van der Waals surface area (Å²) in [5.41, 5.74) is 1.52. The molecule has 3 aromatic rings. The minimum absolute atomic E-state index is 0.0314. The van der Waals surface area contributed by atoms with E-state index >= 15 is 0 Å². The lowest BCUT2D eigenvalue weighted by Gasteiger charge is -2.25. The van der Waals surface area contributed by atoms with Crippen LogP contribution in [0.4, 0.5) is 10.7 Å². The number of carbonyl (C=O) groups is 5. The molecule has 0 unspecified atom stereocenters. The van der Waals surface area contributed by atoms with Crippen LogP contribution < -0.4 is 10.6 Å². The first kappa shape index (κ1) is 28.8. The zero-order chi connectivity index (χ0) is 28.8. The van der Waals surface area contributed by atoms with Crippen LogP contribution in [0.15, 0.2) is 53.4 Å². The summed E-state index contributed by atoms with van der Waals surface area (Å²) in [7, 11) is 0. The van der Waals surface area contributed by atoms with E-state index in [0.29, 0.717) is 40.7 Å². The zero-order valence-corrected chi connectivity index (χ0v) is 23.4. The van der Waals surface area contributed by atoms with Crippen LogP contribution in [0, 0.1) is 0 Å². The number of carboxylic acids is 1. The number of fused-ring (bicyclic) bond motifs is 1. The van der Waals surface area contributed by atoms with Gasteiger partial charge in [-0.2, -0.15) is 0 Å². The molecular weight excluding hydrogens is 554 g/mol. The summed E-state index contributed by atoms with van der Waals surface area (Å²) in [6.45, 7) is 4.27. The van der Waals surface area contributed by atoms with Gasteiger partial charge in [0, 0.05) is 28.9 Å². The van der Waals surface area contributed by atoms with Gasteiger partial charge in [0.05, 0.1) is 35.6 Å². The first-order valence-corrected chi connectivity index (χ1v) is 14.2. The first-order chi connectivity index (χ1) is 19.2. The first-order valence-electron chi connectivity index (χ1n) is 12.4. The van der Waals surface area contributed by atoms with Crippen molar-refractivity contribution in [2.45, 2.75) is 31.7 Å². The van der Waals surface area contributed by atoms with Crippen LogP contribution in [0.25, 0.3) is 0 Å². The third kappa shape index (κ3) is 6.69. The number of hydrogen-bond acceptors (Lipinski definition) is 8. The number of nitrogens with zero attached hydrogens (tertiary/aromatic N) is 1. The Kier molecular flexibility index (Phi) is 9.22. The molecule has 2 aromatic carbocycles. The number of hydrogen-bond donors (Lipinski definition) is 3. The van der Waals surface area contributed by atoms with Crippen LogP contribution in [0.2, 0.25) is 0 Å². The quantitative estimate of drug-likeness (QED) is 0.248. The molecule has 3 amide bonds. The molecule has 1 aromatic heterocycles. The van der Waals surface area contributed by atoms with Crippen LogP contribution >= 0.6 is 23.1 Å². The normalized spacial score (nSPS) is 12.3. The Morgan fingerprint density at radius 1 is 1.05 bits per heavy atom. The maximum Gasteiger partial charge on any atom is 0.341 e. The number of ether oxygens (including phenoxy) is 1. The van der Waals surface area contributed by atoms with Gasteiger partial charge in [0.15, 0.2) is 0 Å². The highest BCUT2D eigenvalue weighted by molar-refractivity contribution is 8.00. The van der Waals surface area contributed by atoms with Crippen molar-refractivity contribution < 1.29 is 33.8 Å². The van der Waals surface area contributed by atoms with Gasteiger partial charge in [0.1, 0.15) is 5.00 Å². The smallest absolute Gasteiger partial charge is 0.341 e. The number of thioether (sulfide) groups is 1. The Bertz CT molecular complexity index is 1480. The van der Waals surface area contributed by atoms with Crippen LogP contribution in [0.3, 0.4) is 0 Å². The van der Waals surface area contributed by atoms with Crippen LogP contribution in [-0.4, -0.2) is 58.6 Å². The largest absolute Gasteiger partial charge is 0.478 e. The van der Waals surface area contributed by atoms with Crippen molar-refractivity contribution in [1.82, 2.24) is 4.90 Å². The second-order valence-corrected chi connectivity index (χ2v) is 10.9. The summed E-state index contributed by atoms with van der Waals surface area (Å²) in [6, 6.07) is 12.8. The number of carboxylic acid groups (broad SMARTS) is 1. The molecule has 0 saturated heterocycles. The molecule has 12 heteroatoms. The molecule has 0 saturated carbocycles. The average Bonchev–Trinajstić information content (AvgIpc) is 3.29. The molecule has 0 bridgehead atoms. The van der Waals surface area contributed by atoms with E-state index in [0.717, 1.165) is 10.4 Å². The number of anilines is 2. The van der Waals surface area contributed by atoms with Crippen molar-refractivity contribution in [2.75, 3.05) is 29.5 Å². The molecule has 40 heavy (non-hydrogen) atoms. The van der Waals surface area contributed by atoms with Gasteiger partial charge in [0.2, 0.25) is 11.8 Å². The van der Waals surface area contributed by atoms with Crippen molar-refractivity contribution in [3.63, 3.8) is 0 Å². The van der Waals surface area contributed by atoms with E-state index in [-0.39, 0.29) is 35.3 Å². The monoisotopic (exact) mass is 581 g/mol. The number of rotatable bonds is 9. The molecule has 208 valence electrons. The van der Waals surface area contributed by atoms with E-state index in [4.69, 9.17) is 4.74 Å². The molecule has 0 radical (unpaired) electrons. The van der Waals surface area contributed by atoms with Crippen molar-refractivity contribution in [1.29, 1.82) is 0 Å².